The van der Waals surface area contributed by atoms with Crippen LogP contribution in [-0.2, 0) is 9.53 Å². The van der Waals surface area contributed by atoms with Crippen LogP contribution in [0.25, 0.3) is 0 Å². The van der Waals surface area contributed by atoms with E-state index in [-0.39, 0.29) is 17.5 Å². The molecule has 2 nitrogen and oxygen atoms in total. The van der Waals surface area contributed by atoms with E-state index in [0.717, 1.165) is 23.7 Å². The molecule has 20 heavy (non-hydrogen) atoms. The van der Waals surface area contributed by atoms with E-state index in [1.165, 1.54) is 38.5 Å². The lowest BCUT2D eigenvalue weighted by Gasteiger charge is -2.62. The van der Waals surface area contributed by atoms with E-state index >= 15 is 0 Å². The topological polar surface area (TPSA) is 26.3 Å². The Kier molecular flexibility index (Phi) is 3.46. The van der Waals surface area contributed by atoms with E-state index < -0.39 is 0 Å². The Labute approximate surface area is 123 Å². The molecule has 0 aromatic carbocycles. The van der Waals surface area contributed by atoms with Crippen molar-refractivity contribution in [2.75, 3.05) is 0 Å². The van der Waals surface area contributed by atoms with Gasteiger partial charge >= 0.3 is 5.97 Å². The summed E-state index contributed by atoms with van der Waals surface area (Å²) in [5.41, 5.74) is 0.781. The Bertz CT molecular complexity index is 411. The van der Waals surface area contributed by atoms with Gasteiger partial charge in [-0.25, -0.2) is 4.79 Å². The van der Waals surface area contributed by atoms with Crippen molar-refractivity contribution >= 4 is 5.97 Å². The zero-order valence-corrected chi connectivity index (χ0v) is 13.2. The first-order chi connectivity index (χ1) is 9.46. The Morgan fingerprint density at radius 1 is 1.30 bits per heavy atom. The highest BCUT2D eigenvalue weighted by molar-refractivity contribution is 5.87. The lowest BCUT2D eigenvalue weighted by molar-refractivity contribution is -0.186. The van der Waals surface area contributed by atoms with Gasteiger partial charge in [0.25, 0.3) is 0 Å². The highest BCUT2D eigenvalue weighted by Crippen LogP contribution is 2.65. The summed E-state index contributed by atoms with van der Waals surface area (Å²) in [4.78, 5) is 11.9. The Hall–Kier alpha value is -0.790. The van der Waals surface area contributed by atoms with Crippen molar-refractivity contribution < 1.29 is 9.53 Å². The SMILES string of the molecule is C=C(C)C(=O)OC(C)C12CC3CC(CC(C3)C1CC)C2. The van der Waals surface area contributed by atoms with Gasteiger partial charge in [-0.1, -0.05) is 19.9 Å². The fourth-order valence-corrected chi connectivity index (χ4v) is 5.96. The summed E-state index contributed by atoms with van der Waals surface area (Å²) < 4.78 is 5.79. The largest absolute Gasteiger partial charge is 0.459 e. The molecule has 4 aliphatic rings. The maximum Gasteiger partial charge on any atom is 0.333 e. The summed E-state index contributed by atoms with van der Waals surface area (Å²) in [6, 6.07) is 0. The van der Waals surface area contributed by atoms with Crippen molar-refractivity contribution in [1.29, 1.82) is 0 Å². The number of carbonyl (C=O) groups is 1. The summed E-state index contributed by atoms with van der Waals surface area (Å²) in [6.45, 7) is 9.92. The second-order valence-corrected chi connectivity index (χ2v) is 7.68. The highest BCUT2D eigenvalue weighted by atomic mass is 16.5. The molecule has 0 aromatic heterocycles. The maximum absolute atomic E-state index is 11.9. The van der Waals surface area contributed by atoms with Crippen molar-refractivity contribution in [1.82, 2.24) is 0 Å². The number of carbonyl (C=O) groups excluding carboxylic acids is 1. The minimum Gasteiger partial charge on any atom is -0.459 e. The molecule has 4 rings (SSSR count). The molecule has 0 amide bonds. The summed E-state index contributed by atoms with van der Waals surface area (Å²) in [7, 11) is 0. The molecule has 0 spiro atoms. The van der Waals surface area contributed by atoms with Crippen LogP contribution in [0.5, 0.6) is 0 Å². The molecule has 0 aliphatic heterocycles. The van der Waals surface area contributed by atoms with Crippen LogP contribution in [0.15, 0.2) is 12.2 Å². The van der Waals surface area contributed by atoms with Gasteiger partial charge in [-0.05, 0) is 69.6 Å². The van der Waals surface area contributed by atoms with Crippen molar-refractivity contribution in [3.8, 4) is 0 Å². The first kappa shape index (κ1) is 14.2. The van der Waals surface area contributed by atoms with E-state index in [4.69, 9.17) is 4.74 Å². The van der Waals surface area contributed by atoms with Gasteiger partial charge in [-0.2, -0.15) is 0 Å². The first-order valence-electron chi connectivity index (χ1n) is 8.32. The molecule has 0 heterocycles. The standard InChI is InChI=1S/C18H28O2/c1-5-16-15-7-13-6-14(8-15)10-18(16,9-13)12(4)20-17(19)11(2)3/h12-16H,2,5-10H2,1,3-4H3. The van der Waals surface area contributed by atoms with Crippen LogP contribution in [0, 0.1) is 29.1 Å². The fourth-order valence-electron chi connectivity index (χ4n) is 5.96. The minimum absolute atomic E-state index is 0.0463. The minimum atomic E-state index is -0.205. The number of esters is 1. The van der Waals surface area contributed by atoms with Crippen LogP contribution in [0.1, 0.15) is 59.3 Å². The monoisotopic (exact) mass is 276 g/mol. The van der Waals surface area contributed by atoms with E-state index in [0.29, 0.717) is 5.57 Å². The summed E-state index contributed by atoms with van der Waals surface area (Å²) >= 11 is 0. The molecule has 0 radical (unpaired) electrons. The predicted molar refractivity (Wildman–Crippen MR) is 80.1 cm³/mol. The summed E-state index contributed by atoms with van der Waals surface area (Å²) in [5.74, 6) is 3.21. The average molecular weight is 276 g/mol. The van der Waals surface area contributed by atoms with Gasteiger partial charge in [-0.15, -0.1) is 0 Å². The quantitative estimate of drug-likeness (QED) is 0.564. The highest BCUT2D eigenvalue weighted by Gasteiger charge is 2.59. The van der Waals surface area contributed by atoms with Gasteiger partial charge in [0.05, 0.1) is 0 Å². The lowest BCUT2D eigenvalue weighted by Crippen LogP contribution is -2.57. The van der Waals surface area contributed by atoms with Gasteiger partial charge < -0.3 is 4.74 Å². The van der Waals surface area contributed by atoms with Gasteiger partial charge in [0.15, 0.2) is 0 Å². The number of hydrogen-bond donors (Lipinski definition) is 0. The average Bonchev–Trinajstić information content (AvgIpc) is 2.37. The van der Waals surface area contributed by atoms with Crippen LogP contribution in [0.2, 0.25) is 0 Å². The lowest BCUT2D eigenvalue weighted by atomic mass is 9.43. The molecule has 4 saturated carbocycles. The van der Waals surface area contributed by atoms with E-state index in [1.807, 2.05) is 0 Å². The van der Waals surface area contributed by atoms with Crippen LogP contribution >= 0.6 is 0 Å². The second-order valence-electron chi connectivity index (χ2n) is 7.68. The fraction of sp³-hybridized carbons (Fsp3) is 0.833. The second kappa shape index (κ2) is 4.89. The van der Waals surface area contributed by atoms with E-state index in [2.05, 4.69) is 20.4 Å². The van der Waals surface area contributed by atoms with E-state index in [1.54, 1.807) is 6.92 Å². The molecule has 112 valence electrons. The van der Waals surface area contributed by atoms with Crippen molar-refractivity contribution in [3.63, 3.8) is 0 Å². The molecular formula is C18H28O2. The third-order valence-electron chi connectivity index (χ3n) is 6.47. The van der Waals surface area contributed by atoms with Gasteiger partial charge in [0.2, 0.25) is 0 Å². The molecule has 0 N–H and O–H groups in total. The third kappa shape index (κ3) is 2.03. The van der Waals surface area contributed by atoms with Crippen molar-refractivity contribution in [2.45, 2.75) is 65.4 Å². The van der Waals surface area contributed by atoms with Crippen LogP contribution in [-0.4, -0.2) is 12.1 Å². The Morgan fingerprint density at radius 3 is 2.40 bits per heavy atom. The molecule has 0 aromatic rings. The smallest absolute Gasteiger partial charge is 0.333 e. The molecule has 2 heteroatoms. The molecule has 0 saturated heterocycles. The first-order valence-corrected chi connectivity index (χ1v) is 8.32. The third-order valence-corrected chi connectivity index (χ3v) is 6.47. The molecule has 4 unspecified atom stereocenters. The van der Waals surface area contributed by atoms with Crippen molar-refractivity contribution in [3.05, 3.63) is 12.2 Å². The number of rotatable bonds is 4. The molecule has 4 aliphatic carbocycles. The van der Waals surface area contributed by atoms with Crippen LogP contribution in [0.3, 0.4) is 0 Å². The zero-order valence-electron chi connectivity index (χ0n) is 13.2. The number of hydrogen-bond acceptors (Lipinski definition) is 2. The molecule has 4 fully saturated rings. The maximum atomic E-state index is 11.9. The van der Waals surface area contributed by atoms with Gasteiger partial charge in [-0.3, -0.25) is 0 Å². The van der Waals surface area contributed by atoms with Gasteiger partial charge in [0, 0.05) is 11.0 Å². The summed E-state index contributed by atoms with van der Waals surface area (Å²) in [5, 5.41) is 0. The molecule has 4 atom stereocenters. The number of ether oxygens (including phenoxy) is 1. The Morgan fingerprint density at radius 2 is 1.90 bits per heavy atom. The molecule has 4 bridgehead atoms. The van der Waals surface area contributed by atoms with Crippen LogP contribution in [0.4, 0.5) is 0 Å². The normalized spacial score (nSPS) is 43.4. The van der Waals surface area contributed by atoms with Crippen LogP contribution < -0.4 is 0 Å². The molecular weight excluding hydrogens is 248 g/mol. The predicted octanol–water partition coefficient (Wildman–Crippen LogP) is 4.35. The zero-order chi connectivity index (χ0) is 14.5. The summed E-state index contributed by atoms with van der Waals surface area (Å²) in [6.07, 6.45) is 8.13. The van der Waals surface area contributed by atoms with E-state index in [9.17, 15) is 4.79 Å². The van der Waals surface area contributed by atoms with Gasteiger partial charge in [0.1, 0.15) is 6.10 Å². The van der Waals surface area contributed by atoms with Crippen molar-refractivity contribution in [2.24, 2.45) is 29.1 Å². The Balaban J connectivity index is 1.84.